The SMILES string of the molecule is CCOC(=O)c1c(NC(=O)Nc2ccccc2)sc(C)c1-c1ccc(Cl)cc1. The normalized spacial score (nSPS) is 10.4. The summed E-state index contributed by atoms with van der Waals surface area (Å²) < 4.78 is 5.24. The minimum Gasteiger partial charge on any atom is -0.462 e. The molecule has 0 aliphatic heterocycles. The topological polar surface area (TPSA) is 67.4 Å². The first-order valence-electron chi connectivity index (χ1n) is 8.69. The number of benzene rings is 2. The Bertz CT molecular complexity index is 985. The molecule has 0 aliphatic carbocycles. The molecule has 2 amide bonds. The second-order valence-electron chi connectivity index (χ2n) is 5.91. The third kappa shape index (κ3) is 4.52. The van der Waals surface area contributed by atoms with Gasteiger partial charge in [0.15, 0.2) is 0 Å². The molecule has 1 heterocycles. The number of para-hydroxylation sites is 1. The number of hydrogen-bond donors (Lipinski definition) is 2. The quantitative estimate of drug-likeness (QED) is 0.488. The molecule has 2 N–H and O–H groups in total. The zero-order valence-electron chi connectivity index (χ0n) is 15.4. The number of nitrogens with one attached hydrogen (secondary N) is 2. The van der Waals surface area contributed by atoms with Crippen LogP contribution in [0.25, 0.3) is 11.1 Å². The van der Waals surface area contributed by atoms with Gasteiger partial charge in [0.25, 0.3) is 0 Å². The van der Waals surface area contributed by atoms with Gasteiger partial charge in [-0.3, -0.25) is 5.32 Å². The Morgan fingerprint density at radius 3 is 2.36 bits per heavy atom. The highest BCUT2D eigenvalue weighted by atomic mass is 35.5. The summed E-state index contributed by atoms with van der Waals surface area (Å²) in [5.74, 6) is -0.480. The Morgan fingerprint density at radius 1 is 1.04 bits per heavy atom. The number of amides is 2. The second-order valence-corrected chi connectivity index (χ2v) is 7.57. The van der Waals surface area contributed by atoms with Crippen LogP contribution in [0.2, 0.25) is 5.02 Å². The molecule has 0 aliphatic rings. The van der Waals surface area contributed by atoms with Crippen LogP contribution in [0.4, 0.5) is 15.5 Å². The van der Waals surface area contributed by atoms with Crippen molar-refractivity contribution < 1.29 is 14.3 Å². The summed E-state index contributed by atoms with van der Waals surface area (Å²) in [6.07, 6.45) is 0. The summed E-state index contributed by atoms with van der Waals surface area (Å²) in [5, 5.41) is 6.58. The van der Waals surface area contributed by atoms with Gasteiger partial charge in [-0.1, -0.05) is 41.9 Å². The molecular weight excluding hydrogens is 396 g/mol. The summed E-state index contributed by atoms with van der Waals surface area (Å²) in [6, 6.07) is 15.9. The largest absolute Gasteiger partial charge is 0.462 e. The second kappa shape index (κ2) is 8.91. The van der Waals surface area contributed by atoms with E-state index in [4.69, 9.17) is 16.3 Å². The number of anilines is 2. The number of ether oxygens (including phenoxy) is 1. The van der Waals surface area contributed by atoms with Gasteiger partial charge in [-0.25, -0.2) is 9.59 Å². The average molecular weight is 415 g/mol. The predicted octanol–water partition coefficient (Wildman–Crippen LogP) is 6.20. The van der Waals surface area contributed by atoms with Crippen LogP contribution >= 0.6 is 22.9 Å². The van der Waals surface area contributed by atoms with E-state index in [0.29, 0.717) is 21.3 Å². The van der Waals surface area contributed by atoms with Crippen molar-refractivity contribution in [2.24, 2.45) is 0 Å². The molecule has 3 aromatic rings. The highest BCUT2D eigenvalue weighted by Crippen LogP contribution is 2.40. The molecule has 5 nitrogen and oxygen atoms in total. The molecular formula is C21H19ClN2O3S. The third-order valence-electron chi connectivity index (χ3n) is 3.96. The van der Waals surface area contributed by atoms with Gasteiger partial charge in [0, 0.05) is 21.2 Å². The standard InChI is InChI=1S/C21H19ClN2O3S/c1-3-27-20(25)18-17(14-9-11-15(22)12-10-14)13(2)28-19(18)24-21(26)23-16-7-5-4-6-8-16/h4-12H,3H2,1-2H3,(H2,23,24,26). The minimum absolute atomic E-state index is 0.240. The maximum Gasteiger partial charge on any atom is 0.341 e. The van der Waals surface area contributed by atoms with Gasteiger partial charge in [-0.2, -0.15) is 0 Å². The van der Waals surface area contributed by atoms with Gasteiger partial charge in [0.05, 0.1) is 6.61 Å². The van der Waals surface area contributed by atoms with Crippen molar-refractivity contribution >= 4 is 45.6 Å². The molecule has 3 rings (SSSR count). The maximum atomic E-state index is 12.7. The van der Waals surface area contributed by atoms with Crippen LogP contribution in [-0.2, 0) is 4.74 Å². The van der Waals surface area contributed by atoms with Gasteiger partial charge in [-0.05, 0) is 43.7 Å². The molecule has 0 saturated heterocycles. The van der Waals surface area contributed by atoms with Crippen LogP contribution in [0.3, 0.4) is 0 Å². The van der Waals surface area contributed by atoms with E-state index < -0.39 is 12.0 Å². The lowest BCUT2D eigenvalue weighted by Crippen LogP contribution is -2.20. The molecule has 0 saturated carbocycles. The van der Waals surface area contributed by atoms with Gasteiger partial charge in [-0.15, -0.1) is 11.3 Å². The van der Waals surface area contributed by atoms with Gasteiger partial charge < -0.3 is 10.1 Å². The number of urea groups is 1. The monoisotopic (exact) mass is 414 g/mol. The molecule has 0 atom stereocenters. The number of aryl methyl sites for hydroxylation is 1. The van der Waals surface area contributed by atoms with Crippen molar-refractivity contribution in [3.8, 4) is 11.1 Å². The Morgan fingerprint density at radius 2 is 1.71 bits per heavy atom. The fourth-order valence-electron chi connectivity index (χ4n) is 2.78. The lowest BCUT2D eigenvalue weighted by Gasteiger charge is -2.10. The summed E-state index contributed by atoms with van der Waals surface area (Å²) in [4.78, 5) is 26.0. The van der Waals surface area contributed by atoms with Crippen LogP contribution < -0.4 is 10.6 Å². The number of thiophene rings is 1. The Hall–Kier alpha value is -2.83. The highest BCUT2D eigenvalue weighted by molar-refractivity contribution is 7.17. The lowest BCUT2D eigenvalue weighted by molar-refractivity contribution is 0.0529. The molecule has 7 heteroatoms. The van der Waals surface area contributed by atoms with E-state index in [-0.39, 0.29) is 6.61 Å². The van der Waals surface area contributed by atoms with Crippen molar-refractivity contribution in [2.45, 2.75) is 13.8 Å². The van der Waals surface area contributed by atoms with Crippen molar-refractivity contribution in [3.63, 3.8) is 0 Å². The molecule has 0 bridgehead atoms. The first-order valence-corrected chi connectivity index (χ1v) is 9.88. The number of esters is 1. The molecule has 0 spiro atoms. The number of halogens is 1. The van der Waals surface area contributed by atoms with E-state index in [2.05, 4.69) is 10.6 Å². The van der Waals surface area contributed by atoms with Crippen molar-refractivity contribution in [2.75, 3.05) is 17.2 Å². The summed E-state index contributed by atoms with van der Waals surface area (Å²) >= 11 is 7.32. The van der Waals surface area contributed by atoms with Crippen LogP contribution in [0, 0.1) is 6.92 Å². The molecule has 1 aromatic heterocycles. The molecule has 28 heavy (non-hydrogen) atoms. The first-order chi connectivity index (χ1) is 13.5. The van der Waals surface area contributed by atoms with Crippen LogP contribution in [-0.4, -0.2) is 18.6 Å². The Balaban J connectivity index is 1.96. The number of carbonyl (C=O) groups excluding carboxylic acids is 2. The lowest BCUT2D eigenvalue weighted by atomic mass is 10.0. The van der Waals surface area contributed by atoms with Crippen molar-refractivity contribution in [3.05, 3.63) is 70.1 Å². The Kier molecular flexibility index (Phi) is 6.34. The number of rotatable bonds is 5. The van der Waals surface area contributed by atoms with Gasteiger partial charge >= 0.3 is 12.0 Å². The fourth-order valence-corrected chi connectivity index (χ4v) is 3.97. The van der Waals surface area contributed by atoms with Crippen LogP contribution in [0.15, 0.2) is 54.6 Å². The smallest absolute Gasteiger partial charge is 0.341 e. The fraction of sp³-hybridized carbons (Fsp3) is 0.143. The van der Waals surface area contributed by atoms with E-state index in [1.165, 1.54) is 11.3 Å². The zero-order chi connectivity index (χ0) is 20.1. The van der Waals surface area contributed by atoms with E-state index in [1.54, 1.807) is 31.2 Å². The third-order valence-corrected chi connectivity index (χ3v) is 5.23. The first kappa shape index (κ1) is 19.9. The summed E-state index contributed by atoms with van der Waals surface area (Å²) in [6.45, 7) is 3.88. The van der Waals surface area contributed by atoms with Crippen LogP contribution in [0.1, 0.15) is 22.2 Å². The average Bonchev–Trinajstić information content (AvgIpc) is 2.99. The van der Waals surface area contributed by atoms with Gasteiger partial charge in [0.2, 0.25) is 0 Å². The van der Waals surface area contributed by atoms with E-state index >= 15 is 0 Å². The summed E-state index contributed by atoms with van der Waals surface area (Å²) in [7, 11) is 0. The van der Waals surface area contributed by atoms with E-state index in [1.807, 2.05) is 37.3 Å². The van der Waals surface area contributed by atoms with E-state index in [9.17, 15) is 9.59 Å². The zero-order valence-corrected chi connectivity index (χ0v) is 17.0. The molecule has 2 aromatic carbocycles. The Labute approximate surface area is 172 Å². The predicted molar refractivity (Wildman–Crippen MR) is 115 cm³/mol. The number of carbonyl (C=O) groups is 2. The summed E-state index contributed by atoms with van der Waals surface area (Å²) in [5.41, 5.74) is 2.56. The maximum absolute atomic E-state index is 12.7. The molecule has 0 radical (unpaired) electrons. The highest BCUT2D eigenvalue weighted by Gasteiger charge is 2.25. The molecule has 0 fully saturated rings. The van der Waals surface area contributed by atoms with Gasteiger partial charge in [0.1, 0.15) is 10.6 Å². The van der Waals surface area contributed by atoms with E-state index in [0.717, 1.165) is 16.0 Å². The van der Waals surface area contributed by atoms with Crippen molar-refractivity contribution in [1.29, 1.82) is 0 Å². The van der Waals surface area contributed by atoms with Crippen LogP contribution in [0.5, 0.6) is 0 Å². The number of hydrogen-bond acceptors (Lipinski definition) is 4. The molecule has 0 unspecified atom stereocenters. The minimum atomic E-state index is -0.480. The van der Waals surface area contributed by atoms with Crippen molar-refractivity contribution in [1.82, 2.24) is 0 Å². The molecule has 144 valence electrons.